The summed E-state index contributed by atoms with van der Waals surface area (Å²) in [6, 6.07) is 1.92. The molecule has 15 heavy (non-hydrogen) atoms. The Kier molecular flexibility index (Phi) is 1.87. The van der Waals surface area contributed by atoms with E-state index in [-0.39, 0.29) is 16.6 Å². The van der Waals surface area contributed by atoms with Gasteiger partial charge in [-0.3, -0.25) is 0 Å². The van der Waals surface area contributed by atoms with Crippen molar-refractivity contribution in [3.8, 4) is 6.07 Å². The first kappa shape index (κ1) is 9.15. The number of fused-ring (bicyclic) bond motifs is 1. The third-order valence-corrected chi connectivity index (χ3v) is 2.08. The quantitative estimate of drug-likeness (QED) is 0.728. The highest BCUT2D eigenvalue weighted by Gasteiger charge is 2.17. The zero-order valence-electron chi connectivity index (χ0n) is 7.80. The van der Waals surface area contributed by atoms with Gasteiger partial charge in [0.05, 0.1) is 10.9 Å². The van der Waals surface area contributed by atoms with Crippen LogP contribution in [0.25, 0.3) is 11.0 Å². The molecule has 0 spiro atoms. The summed E-state index contributed by atoms with van der Waals surface area (Å²) in [7, 11) is 1.70. The van der Waals surface area contributed by atoms with Crippen LogP contribution < -0.4 is 0 Å². The first-order chi connectivity index (χ1) is 7.15. The number of aromatic carboxylic acids is 1. The summed E-state index contributed by atoms with van der Waals surface area (Å²) >= 11 is 0. The van der Waals surface area contributed by atoms with Crippen LogP contribution in [-0.4, -0.2) is 25.6 Å². The molecule has 0 aromatic carbocycles. The number of rotatable bonds is 1. The van der Waals surface area contributed by atoms with Gasteiger partial charge in [0.1, 0.15) is 18.0 Å². The number of aryl methyl sites for hydroxylation is 1. The molecule has 1 N–H and O–H groups in total. The lowest BCUT2D eigenvalue weighted by Crippen LogP contribution is -2.02. The molecule has 2 aromatic heterocycles. The first-order valence-corrected chi connectivity index (χ1v) is 4.08. The third-order valence-electron chi connectivity index (χ3n) is 2.08. The van der Waals surface area contributed by atoms with Crippen LogP contribution in [0.15, 0.2) is 12.5 Å². The minimum atomic E-state index is -1.16. The molecule has 2 heterocycles. The summed E-state index contributed by atoms with van der Waals surface area (Å²) in [5.74, 6) is -1.16. The molecule has 0 aliphatic heterocycles. The van der Waals surface area contributed by atoms with E-state index in [9.17, 15) is 4.79 Å². The summed E-state index contributed by atoms with van der Waals surface area (Å²) < 4.78 is 1.60. The van der Waals surface area contributed by atoms with Crippen LogP contribution in [0.3, 0.4) is 0 Å². The number of carboxylic acids is 1. The number of nitriles is 1. The largest absolute Gasteiger partial charge is 0.476 e. The van der Waals surface area contributed by atoms with Gasteiger partial charge in [-0.05, 0) is 0 Å². The van der Waals surface area contributed by atoms with Crippen molar-refractivity contribution in [1.29, 1.82) is 5.26 Å². The molecule has 6 heteroatoms. The number of hydrogen-bond donors (Lipinski definition) is 1. The van der Waals surface area contributed by atoms with E-state index < -0.39 is 5.97 Å². The highest BCUT2D eigenvalue weighted by atomic mass is 16.4. The van der Waals surface area contributed by atoms with Gasteiger partial charge in [0, 0.05) is 13.2 Å². The van der Waals surface area contributed by atoms with Crippen molar-refractivity contribution in [2.24, 2.45) is 7.05 Å². The van der Waals surface area contributed by atoms with Crippen LogP contribution in [0, 0.1) is 11.3 Å². The van der Waals surface area contributed by atoms with E-state index in [1.54, 1.807) is 11.6 Å². The summed E-state index contributed by atoms with van der Waals surface area (Å²) in [6.07, 6.45) is 2.71. The van der Waals surface area contributed by atoms with Gasteiger partial charge in [-0.25, -0.2) is 14.8 Å². The lowest BCUT2D eigenvalue weighted by atomic mass is 10.2. The van der Waals surface area contributed by atoms with Gasteiger partial charge in [-0.15, -0.1) is 0 Å². The standard InChI is InChI=1S/C9H6N4O2/c1-13-3-5(2-10)6-7(9(14)15)11-4-12-8(6)13/h3-4H,1H3,(H,14,15). The maximum Gasteiger partial charge on any atom is 0.355 e. The average molecular weight is 202 g/mol. The van der Waals surface area contributed by atoms with E-state index in [0.29, 0.717) is 5.65 Å². The molecular formula is C9H6N4O2. The first-order valence-electron chi connectivity index (χ1n) is 4.08. The Bertz CT molecular complexity index is 594. The molecule has 0 aliphatic rings. The fourth-order valence-corrected chi connectivity index (χ4v) is 1.46. The zero-order valence-corrected chi connectivity index (χ0v) is 7.80. The lowest BCUT2D eigenvalue weighted by Gasteiger charge is -1.96. The Morgan fingerprint density at radius 1 is 1.60 bits per heavy atom. The fourth-order valence-electron chi connectivity index (χ4n) is 1.46. The minimum Gasteiger partial charge on any atom is -0.476 e. The van der Waals surface area contributed by atoms with Gasteiger partial charge < -0.3 is 9.67 Å². The number of nitrogens with zero attached hydrogens (tertiary/aromatic N) is 4. The van der Waals surface area contributed by atoms with Crippen LogP contribution in [0.4, 0.5) is 0 Å². The number of aromatic nitrogens is 3. The lowest BCUT2D eigenvalue weighted by molar-refractivity contribution is 0.0692. The second kappa shape index (κ2) is 3.06. The molecule has 0 aliphatic carbocycles. The molecule has 0 fully saturated rings. The molecule has 0 atom stereocenters. The number of carbonyl (C=O) groups is 1. The van der Waals surface area contributed by atoms with Crippen LogP contribution in [0.2, 0.25) is 0 Å². The molecule has 0 bridgehead atoms. The van der Waals surface area contributed by atoms with Gasteiger partial charge in [-0.2, -0.15) is 5.26 Å². The zero-order chi connectivity index (χ0) is 11.0. The molecule has 2 rings (SSSR count). The molecule has 0 amide bonds. The maximum atomic E-state index is 10.9. The van der Waals surface area contributed by atoms with E-state index in [1.165, 1.54) is 12.5 Å². The summed E-state index contributed by atoms with van der Waals surface area (Å²) in [4.78, 5) is 18.5. The third kappa shape index (κ3) is 1.21. The summed E-state index contributed by atoms with van der Waals surface area (Å²) in [5, 5.41) is 18.0. The SMILES string of the molecule is Cn1cc(C#N)c2c(C(=O)O)ncnc21. The number of carboxylic acid groups (broad SMARTS) is 1. The van der Waals surface area contributed by atoms with Crippen molar-refractivity contribution in [2.75, 3.05) is 0 Å². The van der Waals surface area contributed by atoms with Crippen molar-refractivity contribution < 1.29 is 9.90 Å². The Morgan fingerprint density at radius 3 is 2.93 bits per heavy atom. The minimum absolute atomic E-state index is 0.142. The van der Waals surface area contributed by atoms with Crippen molar-refractivity contribution in [3.05, 3.63) is 23.8 Å². The highest BCUT2D eigenvalue weighted by molar-refractivity contribution is 6.02. The van der Waals surface area contributed by atoms with Crippen LogP contribution >= 0.6 is 0 Å². The van der Waals surface area contributed by atoms with E-state index in [2.05, 4.69) is 9.97 Å². The van der Waals surface area contributed by atoms with Crippen LogP contribution in [0.5, 0.6) is 0 Å². The monoisotopic (exact) mass is 202 g/mol. The molecule has 2 aromatic rings. The molecule has 0 unspecified atom stereocenters. The van der Waals surface area contributed by atoms with E-state index >= 15 is 0 Å². The Balaban J connectivity index is 2.96. The molecule has 0 radical (unpaired) electrons. The maximum absolute atomic E-state index is 10.9. The fraction of sp³-hybridized carbons (Fsp3) is 0.111. The summed E-state index contributed by atoms with van der Waals surface area (Å²) in [6.45, 7) is 0. The van der Waals surface area contributed by atoms with Gasteiger partial charge in [-0.1, -0.05) is 0 Å². The van der Waals surface area contributed by atoms with Gasteiger partial charge in [0.2, 0.25) is 0 Å². The van der Waals surface area contributed by atoms with Crippen LogP contribution in [0.1, 0.15) is 16.1 Å². The Morgan fingerprint density at radius 2 is 2.33 bits per heavy atom. The predicted octanol–water partition coefficient (Wildman–Crippen LogP) is 0.538. The van der Waals surface area contributed by atoms with Gasteiger partial charge >= 0.3 is 5.97 Å². The van der Waals surface area contributed by atoms with Crippen LogP contribution in [-0.2, 0) is 7.05 Å². The van der Waals surface area contributed by atoms with Gasteiger partial charge in [0.15, 0.2) is 5.69 Å². The highest BCUT2D eigenvalue weighted by Crippen LogP contribution is 2.20. The van der Waals surface area contributed by atoms with Gasteiger partial charge in [0.25, 0.3) is 0 Å². The molecule has 0 saturated heterocycles. The Labute approximate surface area is 84.4 Å². The normalized spacial score (nSPS) is 10.1. The smallest absolute Gasteiger partial charge is 0.355 e. The van der Waals surface area contributed by atoms with Crippen molar-refractivity contribution >= 4 is 17.0 Å². The number of hydrogen-bond acceptors (Lipinski definition) is 4. The second-order valence-corrected chi connectivity index (χ2v) is 2.99. The average Bonchev–Trinajstić information content (AvgIpc) is 2.55. The van der Waals surface area contributed by atoms with E-state index in [0.717, 1.165) is 0 Å². The van der Waals surface area contributed by atoms with E-state index in [1.807, 2.05) is 6.07 Å². The van der Waals surface area contributed by atoms with Crippen molar-refractivity contribution in [2.45, 2.75) is 0 Å². The van der Waals surface area contributed by atoms with Crippen molar-refractivity contribution in [3.63, 3.8) is 0 Å². The van der Waals surface area contributed by atoms with Crippen molar-refractivity contribution in [1.82, 2.24) is 14.5 Å². The molecule has 74 valence electrons. The second-order valence-electron chi connectivity index (χ2n) is 2.99. The molecule has 6 nitrogen and oxygen atoms in total. The topological polar surface area (TPSA) is 91.8 Å². The summed E-state index contributed by atoms with van der Waals surface area (Å²) in [5.41, 5.74) is 0.571. The molecule has 0 saturated carbocycles. The molecular weight excluding hydrogens is 196 g/mol. The Hall–Kier alpha value is -2.42. The predicted molar refractivity (Wildman–Crippen MR) is 50.2 cm³/mol. The van der Waals surface area contributed by atoms with E-state index in [4.69, 9.17) is 10.4 Å².